The van der Waals surface area contributed by atoms with E-state index in [1.807, 2.05) is 30.3 Å². The highest BCUT2D eigenvalue weighted by molar-refractivity contribution is 8.24. The summed E-state index contributed by atoms with van der Waals surface area (Å²) >= 11 is 13.1. The molecule has 0 aliphatic carbocycles. The van der Waals surface area contributed by atoms with Crippen molar-refractivity contribution in [2.75, 3.05) is 0 Å². The van der Waals surface area contributed by atoms with E-state index < -0.39 is 0 Å². The largest absolute Gasteiger partial charge is 0.103 e. The molecule has 0 atom stereocenters. The van der Waals surface area contributed by atoms with Gasteiger partial charge in [-0.3, -0.25) is 0 Å². The number of thiocarbonyl (C=S) groups is 1. The fraction of sp³-hybridized carbons (Fsp3) is 0.188. The molecule has 0 nitrogen and oxygen atoms in total. The van der Waals surface area contributed by atoms with Gasteiger partial charge in [-0.2, -0.15) is 0 Å². The minimum absolute atomic E-state index is 0.0437. The van der Waals surface area contributed by atoms with Gasteiger partial charge in [0.15, 0.2) is 0 Å². The van der Waals surface area contributed by atoms with Crippen molar-refractivity contribution in [3.63, 3.8) is 0 Å². The quantitative estimate of drug-likeness (QED) is 0.669. The van der Waals surface area contributed by atoms with Crippen LogP contribution in [0.3, 0.4) is 0 Å². The molecule has 0 spiro atoms. The van der Waals surface area contributed by atoms with Crippen LogP contribution in [0, 0.1) is 0 Å². The van der Waals surface area contributed by atoms with Crippen LogP contribution in [0.1, 0.15) is 25.0 Å². The lowest BCUT2D eigenvalue weighted by molar-refractivity contribution is 0.788. The predicted octanol–water partition coefficient (Wildman–Crippen LogP) is 5.68. The molecule has 3 heteroatoms. The molecular formula is C16H15ClS2. The third kappa shape index (κ3) is 3.82. The van der Waals surface area contributed by atoms with Gasteiger partial charge in [-0.05, 0) is 37.1 Å². The lowest BCUT2D eigenvalue weighted by Gasteiger charge is -2.25. The fourth-order valence-electron chi connectivity index (χ4n) is 1.78. The Kier molecular flexibility index (Phi) is 4.67. The van der Waals surface area contributed by atoms with Crippen molar-refractivity contribution < 1.29 is 0 Å². The third-order valence-electron chi connectivity index (χ3n) is 2.90. The Balaban J connectivity index is 2.16. The van der Waals surface area contributed by atoms with Crippen molar-refractivity contribution in [2.24, 2.45) is 0 Å². The summed E-state index contributed by atoms with van der Waals surface area (Å²) in [5, 5.41) is 0.735. The molecule has 98 valence electrons. The second kappa shape index (κ2) is 6.08. The third-order valence-corrected chi connectivity index (χ3v) is 4.80. The molecule has 2 rings (SSSR count). The molecule has 0 bridgehead atoms. The molecule has 0 aliphatic rings. The average molecular weight is 307 g/mol. The van der Waals surface area contributed by atoms with Crippen molar-refractivity contribution in [1.82, 2.24) is 0 Å². The Hall–Kier alpha value is -0.830. The Bertz CT molecular complexity index is 559. The molecule has 2 aromatic carbocycles. The van der Waals surface area contributed by atoms with Gasteiger partial charge in [-0.1, -0.05) is 66.3 Å². The number of rotatable bonds is 3. The van der Waals surface area contributed by atoms with Crippen molar-refractivity contribution in [1.29, 1.82) is 0 Å². The molecule has 0 N–H and O–H groups in total. The molecule has 19 heavy (non-hydrogen) atoms. The zero-order valence-corrected chi connectivity index (χ0v) is 13.3. The molecule has 2 aromatic rings. The maximum Gasteiger partial charge on any atom is 0.0786 e. The van der Waals surface area contributed by atoms with Crippen LogP contribution >= 0.6 is 35.6 Å². The molecule has 0 amide bonds. The van der Waals surface area contributed by atoms with Crippen LogP contribution in [-0.4, -0.2) is 4.20 Å². The van der Waals surface area contributed by atoms with Gasteiger partial charge >= 0.3 is 0 Å². The summed E-state index contributed by atoms with van der Waals surface area (Å²) in [5.41, 5.74) is 2.32. The summed E-state index contributed by atoms with van der Waals surface area (Å²) < 4.78 is 0.850. The van der Waals surface area contributed by atoms with E-state index in [0.29, 0.717) is 0 Å². The Morgan fingerprint density at radius 3 is 2.16 bits per heavy atom. The first-order valence-corrected chi connectivity index (χ1v) is 7.64. The molecular weight excluding hydrogens is 292 g/mol. The van der Waals surface area contributed by atoms with Gasteiger partial charge in [0, 0.05) is 9.77 Å². The van der Waals surface area contributed by atoms with Crippen LogP contribution in [0.4, 0.5) is 0 Å². The Morgan fingerprint density at radius 1 is 1.00 bits per heavy atom. The number of thioether (sulfide) groups is 1. The standard InChI is InChI=1S/C16H15ClS2/c1-16(2,13-6-4-3-5-7-13)19-15(18)12-8-10-14(17)11-9-12/h3-11H,1-2H3. The molecule has 0 saturated heterocycles. The maximum absolute atomic E-state index is 5.90. The average Bonchev–Trinajstić information content (AvgIpc) is 2.40. The van der Waals surface area contributed by atoms with Crippen LogP contribution < -0.4 is 0 Å². The first kappa shape index (κ1) is 14.6. The van der Waals surface area contributed by atoms with E-state index in [2.05, 4.69) is 38.1 Å². The van der Waals surface area contributed by atoms with E-state index in [1.165, 1.54) is 5.56 Å². The smallest absolute Gasteiger partial charge is 0.0786 e. The molecule has 0 aromatic heterocycles. The van der Waals surface area contributed by atoms with Crippen LogP contribution in [0.2, 0.25) is 5.02 Å². The van der Waals surface area contributed by atoms with Gasteiger partial charge in [-0.15, -0.1) is 11.8 Å². The topological polar surface area (TPSA) is 0 Å². The van der Waals surface area contributed by atoms with E-state index in [4.69, 9.17) is 23.8 Å². The Labute approximate surface area is 129 Å². The lowest BCUT2D eigenvalue weighted by atomic mass is 10.0. The second-order valence-electron chi connectivity index (χ2n) is 4.77. The molecule has 0 saturated carbocycles. The van der Waals surface area contributed by atoms with E-state index in [-0.39, 0.29) is 4.75 Å². The maximum atomic E-state index is 5.90. The summed E-state index contributed by atoms with van der Waals surface area (Å²) in [5.74, 6) is 0. The second-order valence-corrected chi connectivity index (χ2v) is 7.51. The highest BCUT2D eigenvalue weighted by atomic mass is 35.5. The molecule has 0 heterocycles. The molecule has 0 aliphatic heterocycles. The zero-order valence-electron chi connectivity index (χ0n) is 10.9. The van der Waals surface area contributed by atoms with Gasteiger partial charge < -0.3 is 0 Å². The van der Waals surface area contributed by atoms with E-state index in [0.717, 1.165) is 14.8 Å². The highest BCUT2D eigenvalue weighted by Crippen LogP contribution is 2.38. The highest BCUT2D eigenvalue weighted by Gasteiger charge is 2.23. The van der Waals surface area contributed by atoms with Crippen LogP contribution in [0.5, 0.6) is 0 Å². The van der Waals surface area contributed by atoms with Crippen molar-refractivity contribution in [3.05, 3.63) is 70.7 Å². The summed E-state index contributed by atoms with van der Waals surface area (Å²) in [4.78, 5) is 0. The van der Waals surface area contributed by atoms with E-state index >= 15 is 0 Å². The zero-order chi connectivity index (χ0) is 13.9. The number of benzene rings is 2. The van der Waals surface area contributed by atoms with Gasteiger partial charge in [-0.25, -0.2) is 0 Å². The summed E-state index contributed by atoms with van der Waals surface area (Å²) in [6, 6.07) is 18.1. The van der Waals surface area contributed by atoms with Crippen molar-refractivity contribution >= 4 is 39.8 Å². The first-order valence-electron chi connectivity index (χ1n) is 6.03. The monoisotopic (exact) mass is 306 g/mol. The van der Waals surface area contributed by atoms with Gasteiger partial charge in [0.25, 0.3) is 0 Å². The van der Waals surface area contributed by atoms with E-state index in [1.54, 1.807) is 11.8 Å². The Morgan fingerprint density at radius 2 is 1.58 bits per heavy atom. The van der Waals surface area contributed by atoms with Crippen LogP contribution in [0.25, 0.3) is 0 Å². The van der Waals surface area contributed by atoms with Crippen LogP contribution in [-0.2, 0) is 4.75 Å². The summed E-state index contributed by atoms with van der Waals surface area (Å²) in [6.07, 6.45) is 0. The minimum atomic E-state index is -0.0437. The van der Waals surface area contributed by atoms with Crippen LogP contribution in [0.15, 0.2) is 54.6 Å². The fourth-order valence-corrected chi connectivity index (χ4v) is 3.63. The number of hydrogen-bond donors (Lipinski definition) is 0. The lowest BCUT2D eigenvalue weighted by Crippen LogP contribution is -2.14. The van der Waals surface area contributed by atoms with E-state index in [9.17, 15) is 0 Å². The molecule has 0 fully saturated rings. The molecule has 0 unspecified atom stereocenters. The number of hydrogen-bond acceptors (Lipinski definition) is 2. The van der Waals surface area contributed by atoms with Gasteiger partial charge in [0.2, 0.25) is 0 Å². The van der Waals surface area contributed by atoms with Gasteiger partial charge in [0.1, 0.15) is 0 Å². The molecule has 0 radical (unpaired) electrons. The SMILES string of the molecule is CC(C)(SC(=S)c1ccc(Cl)cc1)c1ccccc1. The summed E-state index contributed by atoms with van der Waals surface area (Å²) in [7, 11) is 0. The normalized spacial score (nSPS) is 11.3. The summed E-state index contributed by atoms with van der Waals surface area (Å²) in [6.45, 7) is 4.38. The predicted molar refractivity (Wildman–Crippen MR) is 90.2 cm³/mol. The first-order chi connectivity index (χ1) is 8.99. The van der Waals surface area contributed by atoms with Gasteiger partial charge in [0.05, 0.1) is 4.20 Å². The van der Waals surface area contributed by atoms with Crippen molar-refractivity contribution in [2.45, 2.75) is 18.6 Å². The number of halogens is 1. The van der Waals surface area contributed by atoms with Crippen molar-refractivity contribution in [3.8, 4) is 0 Å². The minimum Gasteiger partial charge on any atom is -0.103 e.